The third kappa shape index (κ3) is 3.91. The summed E-state index contributed by atoms with van der Waals surface area (Å²) < 4.78 is 2.39. The Morgan fingerprint density at radius 2 is 1.85 bits per heavy atom. The Kier molecular flexibility index (Phi) is 5.54. The van der Waals surface area contributed by atoms with Crippen molar-refractivity contribution in [3.8, 4) is 6.07 Å². The summed E-state index contributed by atoms with van der Waals surface area (Å²) in [5.74, 6) is 0.253. The Morgan fingerprint density at radius 3 is 2.56 bits per heavy atom. The number of aromatic nitrogens is 3. The lowest BCUT2D eigenvalue weighted by atomic mass is 9.95. The maximum Gasteiger partial charge on any atom is 0.234 e. The van der Waals surface area contributed by atoms with Gasteiger partial charge in [-0.05, 0) is 36.5 Å². The molecule has 0 aliphatic heterocycles. The summed E-state index contributed by atoms with van der Waals surface area (Å²) in [6, 6.07) is 13.7. The van der Waals surface area contributed by atoms with Crippen LogP contribution in [0.15, 0.2) is 36.5 Å². The Bertz CT molecular complexity index is 962. The molecule has 1 aromatic carbocycles. The molecule has 2 aromatic heterocycles. The number of fused-ring (bicyclic) bond motifs is 1. The summed E-state index contributed by atoms with van der Waals surface area (Å²) in [5, 5.41) is 11.2. The van der Waals surface area contributed by atoms with Crippen LogP contribution in [0.3, 0.4) is 0 Å². The molecule has 0 unspecified atom stereocenters. The highest BCUT2D eigenvalue weighted by atomic mass is 79.9. The summed E-state index contributed by atoms with van der Waals surface area (Å²) in [7, 11) is 0. The quantitative estimate of drug-likeness (QED) is 0.521. The van der Waals surface area contributed by atoms with Crippen molar-refractivity contribution in [2.75, 3.05) is 5.33 Å². The van der Waals surface area contributed by atoms with E-state index in [4.69, 9.17) is 0 Å². The Labute approximate surface area is 168 Å². The highest BCUT2D eigenvalue weighted by Crippen LogP contribution is 2.33. The highest BCUT2D eigenvalue weighted by Gasteiger charge is 2.21. The van der Waals surface area contributed by atoms with Crippen LogP contribution in [0.4, 0.5) is 0 Å². The molecule has 4 nitrogen and oxygen atoms in total. The van der Waals surface area contributed by atoms with Gasteiger partial charge < -0.3 is 4.57 Å². The van der Waals surface area contributed by atoms with Gasteiger partial charge in [0.2, 0.25) is 5.82 Å². The molecule has 0 atom stereocenters. The monoisotopic (exact) mass is 422 g/mol. The maximum atomic E-state index is 9.22. The third-order valence-corrected chi connectivity index (χ3v) is 5.88. The van der Waals surface area contributed by atoms with Crippen molar-refractivity contribution >= 4 is 27.0 Å². The zero-order chi connectivity index (χ0) is 18.6. The SMILES string of the molecule is N#Cc1ncc2cc(Cc3ccc(CCBr)cc3)n(C3CCCCC3)c2n1. The zero-order valence-corrected chi connectivity index (χ0v) is 17.0. The van der Waals surface area contributed by atoms with E-state index >= 15 is 0 Å². The van der Waals surface area contributed by atoms with Gasteiger partial charge in [0.25, 0.3) is 0 Å². The number of nitrogens with zero attached hydrogens (tertiary/aromatic N) is 4. The minimum atomic E-state index is 0.253. The van der Waals surface area contributed by atoms with Crippen molar-refractivity contribution in [2.45, 2.75) is 51.0 Å². The smallest absolute Gasteiger partial charge is 0.234 e. The molecule has 1 saturated carbocycles. The predicted molar refractivity (Wildman–Crippen MR) is 111 cm³/mol. The first-order chi connectivity index (χ1) is 13.3. The van der Waals surface area contributed by atoms with Gasteiger partial charge >= 0.3 is 0 Å². The Morgan fingerprint density at radius 1 is 1.11 bits per heavy atom. The Hall–Kier alpha value is -2.19. The summed E-state index contributed by atoms with van der Waals surface area (Å²) in [6.07, 6.45) is 9.95. The summed E-state index contributed by atoms with van der Waals surface area (Å²) in [5.41, 5.74) is 4.85. The van der Waals surface area contributed by atoms with Crippen LogP contribution in [0.1, 0.15) is 60.8 Å². The third-order valence-electron chi connectivity index (χ3n) is 5.49. The van der Waals surface area contributed by atoms with Gasteiger partial charge in [-0.2, -0.15) is 5.26 Å². The number of aryl methyl sites for hydroxylation is 1. The number of benzene rings is 1. The molecule has 0 radical (unpaired) electrons. The average Bonchev–Trinajstić information content (AvgIpc) is 3.07. The van der Waals surface area contributed by atoms with Crippen molar-refractivity contribution in [1.82, 2.24) is 14.5 Å². The van der Waals surface area contributed by atoms with Crippen LogP contribution in [0.5, 0.6) is 0 Å². The van der Waals surface area contributed by atoms with Crippen molar-refractivity contribution < 1.29 is 0 Å². The predicted octanol–water partition coefficient (Wildman–Crippen LogP) is 5.34. The fourth-order valence-electron chi connectivity index (χ4n) is 4.14. The largest absolute Gasteiger partial charge is 0.326 e. The first-order valence-corrected chi connectivity index (χ1v) is 10.8. The van der Waals surface area contributed by atoms with Crippen LogP contribution in [-0.4, -0.2) is 19.9 Å². The van der Waals surface area contributed by atoms with E-state index in [2.05, 4.69) is 66.9 Å². The summed E-state index contributed by atoms with van der Waals surface area (Å²) in [6.45, 7) is 0. The van der Waals surface area contributed by atoms with Crippen molar-refractivity contribution in [2.24, 2.45) is 0 Å². The number of hydrogen-bond donors (Lipinski definition) is 0. The van der Waals surface area contributed by atoms with E-state index in [1.165, 1.54) is 48.9 Å². The van der Waals surface area contributed by atoms with Gasteiger partial charge in [0.15, 0.2) is 0 Å². The first-order valence-electron chi connectivity index (χ1n) is 9.69. The molecule has 0 bridgehead atoms. The lowest BCUT2D eigenvalue weighted by molar-refractivity contribution is 0.354. The minimum absolute atomic E-state index is 0.253. The van der Waals surface area contributed by atoms with Gasteiger partial charge in [-0.3, -0.25) is 0 Å². The molecule has 0 amide bonds. The van der Waals surface area contributed by atoms with Gasteiger partial charge in [0.05, 0.1) is 0 Å². The lowest BCUT2D eigenvalue weighted by Gasteiger charge is -2.26. The standard InChI is InChI=1S/C22H23BrN4/c23-11-10-16-6-8-17(9-7-16)12-20-13-18-15-25-21(14-24)26-22(18)27(20)19-4-2-1-3-5-19/h6-9,13,15,19H,1-5,10-12H2. The van der Waals surface area contributed by atoms with Crippen molar-refractivity contribution in [1.29, 1.82) is 5.26 Å². The molecule has 1 aliphatic rings. The van der Waals surface area contributed by atoms with E-state index in [9.17, 15) is 5.26 Å². The highest BCUT2D eigenvalue weighted by molar-refractivity contribution is 9.09. The van der Waals surface area contributed by atoms with Gasteiger partial charge in [-0.25, -0.2) is 9.97 Å². The summed E-state index contributed by atoms with van der Waals surface area (Å²) in [4.78, 5) is 8.73. The average molecular weight is 423 g/mol. The molecule has 138 valence electrons. The Balaban J connectivity index is 1.73. The molecule has 0 N–H and O–H groups in total. The molecule has 2 heterocycles. The molecule has 0 saturated heterocycles. The van der Waals surface area contributed by atoms with E-state index in [1.54, 1.807) is 6.20 Å². The van der Waals surface area contributed by atoms with Gasteiger partial charge in [-0.15, -0.1) is 0 Å². The zero-order valence-electron chi connectivity index (χ0n) is 15.4. The molecule has 3 aromatic rings. The second-order valence-corrected chi connectivity index (χ2v) is 8.11. The van der Waals surface area contributed by atoms with Crippen LogP contribution >= 0.6 is 15.9 Å². The van der Waals surface area contributed by atoms with E-state index < -0.39 is 0 Å². The molecule has 27 heavy (non-hydrogen) atoms. The number of rotatable bonds is 5. The van der Waals surface area contributed by atoms with Gasteiger partial charge in [0.1, 0.15) is 11.7 Å². The van der Waals surface area contributed by atoms with E-state index in [0.717, 1.165) is 29.2 Å². The molecule has 5 heteroatoms. The van der Waals surface area contributed by atoms with E-state index in [0.29, 0.717) is 6.04 Å². The van der Waals surface area contributed by atoms with Crippen LogP contribution in [0.2, 0.25) is 0 Å². The number of halogens is 1. The maximum absolute atomic E-state index is 9.22. The molecule has 0 spiro atoms. The van der Waals surface area contributed by atoms with E-state index in [-0.39, 0.29) is 5.82 Å². The van der Waals surface area contributed by atoms with Crippen LogP contribution in [0.25, 0.3) is 11.0 Å². The number of alkyl halides is 1. The normalized spacial score (nSPS) is 15.1. The minimum Gasteiger partial charge on any atom is -0.326 e. The van der Waals surface area contributed by atoms with Gasteiger partial charge in [0, 0.05) is 35.1 Å². The first kappa shape index (κ1) is 18.2. The second-order valence-electron chi connectivity index (χ2n) is 7.31. The number of hydrogen-bond acceptors (Lipinski definition) is 3. The van der Waals surface area contributed by atoms with Gasteiger partial charge in [-0.1, -0.05) is 59.5 Å². The second kappa shape index (κ2) is 8.22. The van der Waals surface area contributed by atoms with Crippen molar-refractivity contribution in [3.63, 3.8) is 0 Å². The van der Waals surface area contributed by atoms with E-state index in [1.807, 2.05) is 0 Å². The fourth-order valence-corrected chi connectivity index (χ4v) is 4.60. The van der Waals surface area contributed by atoms with Crippen LogP contribution < -0.4 is 0 Å². The van der Waals surface area contributed by atoms with Crippen LogP contribution in [-0.2, 0) is 12.8 Å². The molecule has 1 fully saturated rings. The lowest BCUT2D eigenvalue weighted by Crippen LogP contribution is -2.16. The molecule has 1 aliphatic carbocycles. The van der Waals surface area contributed by atoms with Crippen LogP contribution in [0, 0.1) is 11.3 Å². The molecule has 4 rings (SSSR count). The summed E-state index contributed by atoms with van der Waals surface area (Å²) >= 11 is 3.50. The fraction of sp³-hybridized carbons (Fsp3) is 0.409. The molecular formula is C22H23BrN4. The topological polar surface area (TPSA) is 54.5 Å². The number of nitriles is 1. The molecular weight excluding hydrogens is 400 g/mol. The van der Waals surface area contributed by atoms with Crippen molar-refractivity contribution in [3.05, 3.63) is 59.2 Å².